The van der Waals surface area contributed by atoms with Gasteiger partial charge in [-0.15, -0.1) is 11.3 Å². The van der Waals surface area contributed by atoms with Crippen molar-refractivity contribution in [1.29, 1.82) is 0 Å². The number of carbonyl (C=O) groups excluding carboxylic acids is 1. The maximum atomic E-state index is 13.2. The molecule has 0 spiro atoms. The molecule has 0 saturated heterocycles. The highest BCUT2D eigenvalue weighted by molar-refractivity contribution is 8.04. The summed E-state index contributed by atoms with van der Waals surface area (Å²) in [6.07, 6.45) is 1.43. The molecule has 0 bridgehead atoms. The number of nitrogens with zero attached hydrogens (tertiary/aromatic N) is 2. The predicted molar refractivity (Wildman–Crippen MR) is 94.7 cm³/mol. The molecule has 2 aromatic heterocycles. The largest absolute Gasteiger partial charge is 0.511 e. The van der Waals surface area contributed by atoms with Gasteiger partial charge in [-0.05, 0) is 31.5 Å². The minimum absolute atomic E-state index is 0.0437. The molecular weight excluding hydrogens is 347 g/mol. The SMILES string of the molecule is CC(=O)C(Sc1ncnc2scc(-c3ccc(F)cc3)c12)=C(C)O. The van der Waals surface area contributed by atoms with Crippen molar-refractivity contribution in [3.05, 3.63) is 52.5 Å². The van der Waals surface area contributed by atoms with E-state index in [-0.39, 0.29) is 22.3 Å². The van der Waals surface area contributed by atoms with Crippen LogP contribution in [-0.4, -0.2) is 20.9 Å². The van der Waals surface area contributed by atoms with Crippen LogP contribution in [0.2, 0.25) is 0 Å². The van der Waals surface area contributed by atoms with E-state index >= 15 is 0 Å². The second kappa shape index (κ2) is 6.70. The van der Waals surface area contributed by atoms with Crippen LogP contribution in [0.25, 0.3) is 21.3 Å². The molecule has 3 rings (SSSR count). The Morgan fingerprint density at radius 2 is 1.92 bits per heavy atom. The van der Waals surface area contributed by atoms with E-state index in [1.165, 1.54) is 43.6 Å². The summed E-state index contributed by atoms with van der Waals surface area (Å²) >= 11 is 2.56. The van der Waals surface area contributed by atoms with Gasteiger partial charge in [0.2, 0.25) is 0 Å². The number of aliphatic hydroxyl groups excluding tert-OH is 1. The van der Waals surface area contributed by atoms with Gasteiger partial charge < -0.3 is 5.11 Å². The summed E-state index contributed by atoms with van der Waals surface area (Å²) in [6, 6.07) is 6.18. The standard InChI is InChI=1S/C17H13FN2O2S2/c1-9(21)15(10(2)22)24-17-14-13(7-23-16(14)19-8-20-17)11-3-5-12(18)6-4-11/h3-8,21H,1-2H3. The molecule has 4 nitrogen and oxygen atoms in total. The smallest absolute Gasteiger partial charge is 0.169 e. The molecule has 0 unspecified atom stereocenters. The first-order valence-corrected chi connectivity index (χ1v) is 8.73. The summed E-state index contributed by atoms with van der Waals surface area (Å²) in [5.74, 6) is -0.579. The molecule has 0 atom stereocenters. The Hall–Kier alpha value is -2.25. The molecule has 3 aromatic rings. The lowest BCUT2D eigenvalue weighted by Gasteiger charge is -2.07. The Morgan fingerprint density at radius 3 is 2.54 bits per heavy atom. The van der Waals surface area contributed by atoms with Crippen molar-refractivity contribution in [3.63, 3.8) is 0 Å². The van der Waals surface area contributed by atoms with E-state index in [2.05, 4.69) is 9.97 Å². The van der Waals surface area contributed by atoms with Gasteiger partial charge in [-0.3, -0.25) is 4.79 Å². The first-order chi connectivity index (χ1) is 11.5. The number of aromatic nitrogens is 2. The average Bonchev–Trinajstić information content (AvgIpc) is 2.97. The monoisotopic (exact) mass is 360 g/mol. The van der Waals surface area contributed by atoms with E-state index < -0.39 is 0 Å². The first kappa shape index (κ1) is 16.6. The highest BCUT2D eigenvalue weighted by Crippen LogP contribution is 2.40. The van der Waals surface area contributed by atoms with Crippen molar-refractivity contribution in [1.82, 2.24) is 9.97 Å². The maximum absolute atomic E-state index is 13.2. The van der Waals surface area contributed by atoms with Crippen molar-refractivity contribution in [3.8, 4) is 11.1 Å². The zero-order chi connectivity index (χ0) is 17.3. The Kier molecular flexibility index (Phi) is 4.64. The highest BCUT2D eigenvalue weighted by atomic mass is 32.2. The van der Waals surface area contributed by atoms with Crippen molar-refractivity contribution in [2.45, 2.75) is 18.9 Å². The Balaban J connectivity index is 2.16. The number of aliphatic hydroxyl groups is 1. The zero-order valence-corrected chi connectivity index (χ0v) is 14.5. The molecule has 0 aliphatic rings. The third-order valence-corrected chi connectivity index (χ3v) is 5.51. The summed E-state index contributed by atoms with van der Waals surface area (Å²) in [4.78, 5) is 21.3. The van der Waals surface area contributed by atoms with Crippen LogP contribution in [0.15, 0.2) is 51.7 Å². The lowest BCUT2D eigenvalue weighted by molar-refractivity contribution is -0.113. The summed E-state index contributed by atoms with van der Waals surface area (Å²) < 4.78 is 13.2. The van der Waals surface area contributed by atoms with Crippen LogP contribution in [0, 0.1) is 5.82 Å². The topological polar surface area (TPSA) is 63.1 Å². The molecule has 122 valence electrons. The molecule has 0 aliphatic heterocycles. The molecule has 2 heterocycles. The molecule has 0 saturated carbocycles. The van der Waals surface area contributed by atoms with E-state index in [0.717, 1.165) is 33.1 Å². The zero-order valence-electron chi connectivity index (χ0n) is 12.9. The maximum Gasteiger partial charge on any atom is 0.169 e. The molecule has 7 heteroatoms. The lowest BCUT2D eigenvalue weighted by atomic mass is 10.1. The van der Waals surface area contributed by atoms with Crippen LogP contribution in [-0.2, 0) is 4.79 Å². The molecule has 0 fully saturated rings. The summed E-state index contributed by atoms with van der Waals surface area (Å²) in [6.45, 7) is 2.87. The molecular formula is C17H13FN2O2S2. The quantitative estimate of drug-likeness (QED) is 0.308. The average molecular weight is 360 g/mol. The number of hydrogen-bond acceptors (Lipinski definition) is 6. The van der Waals surface area contributed by atoms with Gasteiger partial charge >= 0.3 is 0 Å². The molecule has 0 amide bonds. The number of Topliss-reactive ketones (excluding diaryl/α,β-unsaturated/α-hetero) is 1. The Labute approximate surface area is 146 Å². The number of thiophene rings is 1. The summed E-state index contributed by atoms with van der Waals surface area (Å²) in [5.41, 5.74) is 1.71. The van der Waals surface area contributed by atoms with Gasteiger partial charge in [-0.2, -0.15) is 0 Å². The lowest BCUT2D eigenvalue weighted by Crippen LogP contribution is -1.97. The van der Waals surface area contributed by atoms with E-state index in [1.807, 2.05) is 5.38 Å². The number of ketones is 1. The first-order valence-electron chi connectivity index (χ1n) is 7.04. The van der Waals surface area contributed by atoms with Crippen molar-refractivity contribution >= 4 is 39.1 Å². The van der Waals surface area contributed by atoms with Gasteiger partial charge in [0.25, 0.3) is 0 Å². The van der Waals surface area contributed by atoms with E-state index in [1.54, 1.807) is 12.1 Å². The van der Waals surface area contributed by atoms with Crippen LogP contribution in [0.5, 0.6) is 0 Å². The summed E-state index contributed by atoms with van der Waals surface area (Å²) in [5, 5.41) is 13.0. The third-order valence-electron chi connectivity index (χ3n) is 3.34. The van der Waals surface area contributed by atoms with Gasteiger partial charge in [-0.25, -0.2) is 14.4 Å². The molecule has 24 heavy (non-hydrogen) atoms. The minimum Gasteiger partial charge on any atom is -0.511 e. The number of rotatable bonds is 4. The normalized spacial score (nSPS) is 12.3. The van der Waals surface area contributed by atoms with Crippen LogP contribution in [0.1, 0.15) is 13.8 Å². The third kappa shape index (κ3) is 3.18. The van der Waals surface area contributed by atoms with Crippen LogP contribution < -0.4 is 0 Å². The van der Waals surface area contributed by atoms with Crippen molar-refractivity contribution in [2.24, 2.45) is 0 Å². The van der Waals surface area contributed by atoms with Gasteiger partial charge in [0, 0.05) is 10.9 Å². The van der Waals surface area contributed by atoms with Gasteiger partial charge in [0.15, 0.2) is 5.78 Å². The predicted octanol–water partition coefficient (Wildman–Crippen LogP) is 4.97. The number of allylic oxidation sites excluding steroid dienone is 2. The second-order valence-corrected chi connectivity index (χ2v) is 6.95. The Bertz CT molecular complexity index is 945. The van der Waals surface area contributed by atoms with Crippen LogP contribution >= 0.6 is 23.1 Å². The number of halogens is 1. The fraction of sp³-hybridized carbons (Fsp3) is 0.118. The number of fused-ring (bicyclic) bond motifs is 1. The Morgan fingerprint density at radius 1 is 1.21 bits per heavy atom. The molecule has 0 radical (unpaired) electrons. The van der Waals surface area contributed by atoms with Gasteiger partial charge in [-0.1, -0.05) is 23.9 Å². The number of thioether (sulfide) groups is 1. The van der Waals surface area contributed by atoms with Gasteiger partial charge in [0.1, 0.15) is 27.8 Å². The van der Waals surface area contributed by atoms with Crippen molar-refractivity contribution < 1.29 is 14.3 Å². The molecule has 1 N–H and O–H groups in total. The number of benzene rings is 1. The highest BCUT2D eigenvalue weighted by Gasteiger charge is 2.18. The second-order valence-electron chi connectivity index (χ2n) is 5.09. The van der Waals surface area contributed by atoms with Crippen molar-refractivity contribution in [2.75, 3.05) is 0 Å². The van der Waals surface area contributed by atoms with E-state index in [4.69, 9.17) is 0 Å². The van der Waals surface area contributed by atoms with E-state index in [9.17, 15) is 14.3 Å². The fourth-order valence-electron chi connectivity index (χ4n) is 2.26. The van der Waals surface area contributed by atoms with Gasteiger partial charge in [0.05, 0.1) is 10.3 Å². The van der Waals surface area contributed by atoms with Crippen LogP contribution in [0.3, 0.4) is 0 Å². The van der Waals surface area contributed by atoms with E-state index in [0.29, 0.717) is 5.03 Å². The number of hydrogen-bond donors (Lipinski definition) is 1. The molecule has 1 aromatic carbocycles. The number of carbonyl (C=O) groups is 1. The minimum atomic E-state index is -0.304. The fourth-order valence-corrected chi connectivity index (χ4v) is 4.14. The van der Waals surface area contributed by atoms with Crippen LogP contribution in [0.4, 0.5) is 4.39 Å². The molecule has 0 aliphatic carbocycles. The summed E-state index contributed by atoms with van der Waals surface area (Å²) in [7, 11) is 0.